The fourth-order valence-electron chi connectivity index (χ4n) is 3.40. The van der Waals surface area contributed by atoms with Gasteiger partial charge >= 0.3 is 6.09 Å². The molecule has 0 saturated carbocycles. The molecule has 1 aliphatic heterocycles. The second kappa shape index (κ2) is 8.91. The van der Waals surface area contributed by atoms with Gasteiger partial charge in [-0.1, -0.05) is 57.9 Å². The Balaban J connectivity index is 1.79. The van der Waals surface area contributed by atoms with Crippen molar-refractivity contribution in [3.05, 3.63) is 92.9 Å². The maximum absolute atomic E-state index is 13.0. The minimum absolute atomic E-state index is 0.210. The number of rotatable bonds is 4. The van der Waals surface area contributed by atoms with Crippen LogP contribution in [0.3, 0.4) is 0 Å². The largest absolute Gasteiger partial charge is 0.465 e. The summed E-state index contributed by atoms with van der Waals surface area (Å²) in [7, 11) is 0. The number of benzodiazepines with no additional fused rings is 1. The summed E-state index contributed by atoms with van der Waals surface area (Å²) in [6.45, 7) is 0. The highest BCUT2D eigenvalue weighted by molar-refractivity contribution is 9.10. The second-order valence-electron chi connectivity index (χ2n) is 6.98. The normalized spacial score (nSPS) is 15.4. The monoisotopic (exact) mass is 497 g/mol. The van der Waals surface area contributed by atoms with E-state index in [2.05, 4.69) is 26.6 Å². The van der Waals surface area contributed by atoms with Crippen molar-refractivity contribution >= 4 is 56.6 Å². The number of hydrogen-bond acceptors (Lipinski definition) is 3. The van der Waals surface area contributed by atoms with Gasteiger partial charge in [-0.3, -0.25) is 15.1 Å². The highest BCUT2D eigenvalue weighted by Crippen LogP contribution is 2.29. The zero-order valence-corrected chi connectivity index (χ0v) is 18.4. The van der Waals surface area contributed by atoms with Gasteiger partial charge in [0.2, 0.25) is 5.91 Å². The first kappa shape index (κ1) is 21.1. The van der Waals surface area contributed by atoms with E-state index in [1.54, 1.807) is 42.5 Å². The van der Waals surface area contributed by atoms with Gasteiger partial charge in [-0.25, -0.2) is 4.79 Å². The highest BCUT2D eigenvalue weighted by Gasteiger charge is 2.26. The highest BCUT2D eigenvalue weighted by atomic mass is 79.9. The third-order valence-corrected chi connectivity index (χ3v) is 5.87. The molecular formula is C23H17BrClN3O3. The quantitative estimate of drug-likeness (QED) is 0.438. The van der Waals surface area contributed by atoms with Crippen molar-refractivity contribution in [1.82, 2.24) is 0 Å². The number of hydrogen-bond donors (Lipinski definition) is 3. The molecular weight excluding hydrogens is 482 g/mol. The molecule has 3 aromatic carbocycles. The Morgan fingerprint density at radius 1 is 1.13 bits per heavy atom. The summed E-state index contributed by atoms with van der Waals surface area (Å²) in [6.07, 6.45) is -0.725. The summed E-state index contributed by atoms with van der Waals surface area (Å²) in [5, 5.41) is 14.7. The first-order valence-corrected chi connectivity index (χ1v) is 10.6. The molecule has 0 spiro atoms. The van der Waals surface area contributed by atoms with Crippen LogP contribution < -0.4 is 10.6 Å². The lowest BCUT2D eigenvalue weighted by atomic mass is 10.00. The smallest absolute Gasteiger partial charge is 0.409 e. The maximum atomic E-state index is 13.0. The van der Waals surface area contributed by atoms with Crippen LogP contribution in [0.15, 0.2) is 76.2 Å². The number of anilines is 2. The van der Waals surface area contributed by atoms with Crippen LogP contribution in [0, 0.1) is 0 Å². The van der Waals surface area contributed by atoms with Crippen molar-refractivity contribution in [3.63, 3.8) is 0 Å². The number of carbonyl (C=O) groups is 2. The minimum Gasteiger partial charge on any atom is -0.465 e. The summed E-state index contributed by atoms with van der Waals surface area (Å²) in [5.74, 6) is -0.210. The average molecular weight is 499 g/mol. The summed E-state index contributed by atoms with van der Waals surface area (Å²) in [5.41, 5.74) is 4.08. The molecule has 1 atom stereocenters. The first-order chi connectivity index (χ1) is 14.9. The molecule has 0 aliphatic carbocycles. The average Bonchev–Trinajstić information content (AvgIpc) is 2.86. The summed E-state index contributed by atoms with van der Waals surface area (Å²) >= 11 is 9.77. The first-order valence-electron chi connectivity index (χ1n) is 9.43. The number of halogens is 2. The van der Waals surface area contributed by atoms with E-state index in [1.165, 1.54) is 0 Å². The van der Waals surface area contributed by atoms with E-state index in [9.17, 15) is 9.59 Å². The number of carbonyl (C=O) groups excluding carboxylic acids is 1. The Morgan fingerprint density at radius 2 is 1.87 bits per heavy atom. The van der Waals surface area contributed by atoms with Crippen molar-refractivity contribution < 1.29 is 14.7 Å². The van der Waals surface area contributed by atoms with Crippen molar-refractivity contribution in [3.8, 4) is 0 Å². The van der Waals surface area contributed by atoms with Crippen LogP contribution in [-0.4, -0.2) is 28.9 Å². The number of nitrogens with zero attached hydrogens (tertiary/aromatic N) is 1. The standard InChI is InChI=1S/C23H17BrClN3O3/c24-18-4-2-1-3-14(18)11-20-22(29)28-19-10-7-15(25)12-17(19)21(27-20)13-5-8-16(9-6-13)26-23(30)31/h1-10,12,20,26H,11H2,(H,28,29)(H,30,31). The van der Waals surface area contributed by atoms with Crippen molar-refractivity contribution in [1.29, 1.82) is 0 Å². The molecule has 6 nitrogen and oxygen atoms in total. The Hall–Kier alpha value is -3.16. The van der Waals surface area contributed by atoms with Gasteiger partial charge in [-0.05, 0) is 42.0 Å². The van der Waals surface area contributed by atoms with Gasteiger partial charge in [0.1, 0.15) is 6.04 Å². The van der Waals surface area contributed by atoms with Gasteiger partial charge in [-0.15, -0.1) is 0 Å². The van der Waals surface area contributed by atoms with Crippen LogP contribution in [0.4, 0.5) is 16.2 Å². The van der Waals surface area contributed by atoms with Gasteiger partial charge in [0, 0.05) is 32.7 Å². The molecule has 8 heteroatoms. The number of fused-ring (bicyclic) bond motifs is 1. The molecule has 0 fully saturated rings. The molecule has 0 aromatic heterocycles. The zero-order chi connectivity index (χ0) is 22.0. The molecule has 4 rings (SSSR count). The Kier molecular flexibility index (Phi) is 6.06. The second-order valence-corrected chi connectivity index (χ2v) is 8.27. The number of amides is 2. The Labute approximate surface area is 192 Å². The molecule has 31 heavy (non-hydrogen) atoms. The SMILES string of the molecule is O=C(O)Nc1ccc(C2=NC(Cc3ccccc3Br)C(=O)Nc3ccc(Cl)cc32)cc1. The summed E-state index contributed by atoms with van der Waals surface area (Å²) < 4.78 is 0.911. The van der Waals surface area contributed by atoms with E-state index < -0.39 is 12.1 Å². The van der Waals surface area contributed by atoms with E-state index in [1.807, 2.05) is 24.3 Å². The summed E-state index contributed by atoms with van der Waals surface area (Å²) in [6, 6.07) is 19.1. The molecule has 2 amide bonds. The molecule has 3 aromatic rings. The molecule has 1 heterocycles. The van der Waals surface area contributed by atoms with Crippen LogP contribution in [0.2, 0.25) is 5.02 Å². The Morgan fingerprint density at radius 3 is 2.58 bits per heavy atom. The van der Waals surface area contributed by atoms with Crippen molar-refractivity contribution in [2.45, 2.75) is 12.5 Å². The van der Waals surface area contributed by atoms with Crippen LogP contribution >= 0.6 is 27.5 Å². The lowest BCUT2D eigenvalue weighted by Gasteiger charge is -2.12. The van der Waals surface area contributed by atoms with E-state index >= 15 is 0 Å². The lowest BCUT2D eigenvalue weighted by molar-refractivity contribution is -0.117. The third-order valence-electron chi connectivity index (χ3n) is 4.86. The van der Waals surface area contributed by atoms with Gasteiger partial charge in [0.05, 0.1) is 11.4 Å². The topological polar surface area (TPSA) is 90.8 Å². The number of benzene rings is 3. The van der Waals surface area contributed by atoms with Crippen LogP contribution in [-0.2, 0) is 11.2 Å². The number of nitrogens with one attached hydrogen (secondary N) is 2. The molecule has 1 aliphatic rings. The van der Waals surface area contributed by atoms with Gasteiger partial charge in [0.15, 0.2) is 0 Å². The summed E-state index contributed by atoms with van der Waals surface area (Å²) in [4.78, 5) is 28.7. The van der Waals surface area contributed by atoms with Crippen LogP contribution in [0.5, 0.6) is 0 Å². The number of aliphatic imine (C=N–C) groups is 1. The predicted molar refractivity (Wildman–Crippen MR) is 125 cm³/mol. The fraction of sp³-hybridized carbons (Fsp3) is 0.0870. The fourth-order valence-corrected chi connectivity index (χ4v) is 4.02. The maximum Gasteiger partial charge on any atom is 0.409 e. The van der Waals surface area contributed by atoms with Gasteiger partial charge in [0.25, 0.3) is 0 Å². The van der Waals surface area contributed by atoms with Crippen LogP contribution in [0.1, 0.15) is 16.7 Å². The third kappa shape index (κ3) is 4.78. The minimum atomic E-state index is -1.14. The van der Waals surface area contributed by atoms with Crippen molar-refractivity contribution in [2.24, 2.45) is 4.99 Å². The van der Waals surface area contributed by atoms with Gasteiger partial charge in [-0.2, -0.15) is 0 Å². The van der Waals surface area contributed by atoms with E-state index in [4.69, 9.17) is 21.7 Å². The van der Waals surface area contributed by atoms with Crippen molar-refractivity contribution in [2.75, 3.05) is 10.6 Å². The van der Waals surface area contributed by atoms with Gasteiger partial charge < -0.3 is 10.4 Å². The Bertz CT molecular complexity index is 1190. The predicted octanol–water partition coefficient (Wildman–Crippen LogP) is 5.59. The molecule has 3 N–H and O–H groups in total. The molecule has 0 radical (unpaired) electrons. The number of carboxylic acid groups (broad SMARTS) is 1. The molecule has 156 valence electrons. The molecule has 1 unspecified atom stereocenters. The zero-order valence-electron chi connectivity index (χ0n) is 16.1. The molecule has 0 saturated heterocycles. The van der Waals surface area contributed by atoms with Crippen LogP contribution in [0.25, 0.3) is 0 Å². The molecule has 0 bridgehead atoms. The lowest BCUT2D eigenvalue weighted by Crippen LogP contribution is -2.27. The van der Waals surface area contributed by atoms with E-state index in [-0.39, 0.29) is 5.91 Å². The van der Waals surface area contributed by atoms with E-state index in [0.29, 0.717) is 34.1 Å². The van der Waals surface area contributed by atoms with E-state index in [0.717, 1.165) is 15.6 Å².